The molecule has 0 aliphatic heterocycles. The Balaban J connectivity index is 2.51. The number of amides is 2. The quantitative estimate of drug-likeness (QED) is 0.847. The van der Waals surface area contributed by atoms with Crippen molar-refractivity contribution in [2.75, 3.05) is 0 Å². The summed E-state index contributed by atoms with van der Waals surface area (Å²) in [5.41, 5.74) is 1.10. The van der Waals surface area contributed by atoms with Crippen LogP contribution in [-0.4, -0.2) is 12.1 Å². The third-order valence-corrected chi connectivity index (χ3v) is 3.57. The number of urea groups is 1. The zero-order valence-electron chi connectivity index (χ0n) is 11.2. The normalized spacial score (nSPS) is 12.3. The summed E-state index contributed by atoms with van der Waals surface area (Å²) in [5.74, 6) is 0. The molecule has 0 saturated heterocycles. The zero-order chi connectivity index (χ0) is 13.5. The van der Waals surface area contributed by atoms with E-state index in [0.717, 1.165) is 22.9 Å². The van der Waals surface area contributed by atoms with Crippen LogP contribution in [0.4, 0.5) is 4.79 Å². The molecule has 100 valence electrons. The summed E-state index contributed by atoms with van der Waals surface area (Å²) in [6, 6.07) is 8.13. The molecular weight excluding hydrogens is 292 g/mol. The second kappa shape index (κ2) is 7.41. The van der Waals surface area contributed by atoms with Crippen molar-refractivity contribution >= 4 is 22.0 Å². The van der Waals surface area contributed by atoms with E-state index in [1.54, 1.807) is 0 Å². The molecule has 0 radical (unpaired) electrons. The number of rotatable bonds is 5. The highest BCUT2D eigenvalue weighted by Gasteiger charge is 2.11. The lowest BCUT2D eigenvalue weighted by atomic mass is 10.1. The van der Waals surface area contributed by atoms with E-state index < -0.39 is 0 Å². The van der Waals surface area contributed by atoms with Gasteiger partial charge < -0.3 is 10.6 Å². The molecule has 1 rings (SSSR count). The molecule has 0 fully saturated rings. The highest BCUT2D eigenvalue weighted by molar-refractivity contribution is 9.10. The molecule has 0 aliphatic rings. The molecule has 0 spiro atoms. The number of hydrogen-bond donors (Lipinski definition) is 2. The highest BCUT2D eigenvalue weighted by atomic mass is 79.9. The van der Waals surface area contributed by atoms with Crippen LogP contribution in [0.25, 0.3) is 0 Å². The number of nitrogens with one attached hydrogen (secondary N) is 2. The van der Waals surface area contributed by atoms with E-state index in [-0.39, 0.29) is 18.1 Å². The number of benzene rings is 1. The van der Waals surface area contributed by atoms with Crippen LogP contribution >= 0.6 is 15.9 Å². The summed E-state index contributed by atoms with van der Waals surface area (Å²) in [7, 11) is 0. The third kappa shape index (κ3) is 4.69. The Labute approximate surface area is 117 Å². The summed E-state index contributed by atoms with van der Waals surface area (Å²) < 4.78 is 1.04. The smallest absolute Gasteiger partial charge is 0.315 e. The predicted octanol–water partition coefficient (Wildman–Crippen LogP) is 4.00. The van der Waals surface area contributed by atoms with E-state index in [9.17, 15) is 4.79 Å². The van der Waals surface area contributed by atoms with Crippen LogP contribution in [0.1, 0.15) is 45.2 Å². The first-order valence-corrected chi connectivity index (χ1v) is 7.18. The minimum atomic E-state index is -0.0980. The van der Waals surface area contributed by atoms with Gasteiger partial charge in [-0.2, -0.15) is 0 Å². The van der Waals surface area contributed by atoms with Crippen molar-refractivity contribution in [3.63, 3.8) is 0 Å². The third-order valence-electron chi connectivity index (χ3n) is 3.04. The number of hydrogen-bond acceptors (Lipinski definition) is 1. The van der Waals surface area contributed by atoms with Crippen molar-refractivity contribution in [2.24, 2.45) is 0 Å². The van der Waals surface area contributed by atoms with Crippen molar-refractivity contribution in [1.29, 1.82) is 0 Å². The van der Waals surface area contributed by atoms with E-state index in [2.05, 4.69) is 40.4 Å². The molecule has 18 heavy (non-hydrogen) atoms. The van der Waals surface area contributed by atoms with Gasteiger partial charge in [0.1, 0.15) is 0 Å². The fraction of sp³-hybridized carbons (Fsp3) is 0.500. The Kier molecular flexibility index (Phi) is 6.19. The summed E-state index contributed by atoms with van der Waals surface area (Å²) in [5, 5.41) is 5.92. The van der Waals surface area contributed by atoms with Gasteiger partial charge in [-0.25, -0.2) is 4.79 Å². The topological polar surface area (TPSA) is 41.1 Å². The first-order valence-electron chi connectivity index (χ1n) is 6.39. The SMILES string of the molecule is CCC(CC)NC(=O)NC(C)c1ccc(Br)cc1. The maximum Gasteiger partial charge on any atom is 0.315 e. The molecule has 2 amide bonds. The standard InChI is InChI=1S/C14H21BrN2O/c1-4-13(5-2)17-14(18)16-10(3)11-6-8-12(15)9-7-11/h6-10,13H,4-5H2,1-3H3,(H2,16,17,18). The molecule has 1 aromatic carbocycles. The van der Waals surface area contributed by atoms with Gasteiger partial charge in [0, 0.05) is 10.5 Å². The van der Waals surface area contributed by atoms with E-state index in [1.165, 1.54) is 0 Å². The monoisotopic (exact) mass is 312 g/mol. The summed E-state index contributed by atoms with van der Waals surface area (Å²) in [6.45, 7) is 6.13. The summed E-state index contributed by atoms with van der Waals surface area (Å²) >= 11 is 3.40. The molecule has 1 aromatic rings. The fourth-order valence-corrected chi connectivity index (χ4v) is 2.02. The predicted molar refractivity (Wildman–Crippen MR) is 78.6 cm³/mol. The minimum absolute atomic E-state index is 0.00691. The van der Waals surface area contributed by atoms with Crippen molar-refractivity contribution < 1.29 is 4.79 Å². The van der Waals surface area contributed by atoms with Gasteiger partial charge in [0.15, 0.2) is 0 Å². The lowest BCUT2D eigenvalue weighted by Crippen LogP contribution is -2.42. The van der Waals surface area contributed by atoms with Gasteiger partial charge in [0.25, 0.3) is 0 Å². The number of halogens is 1. The molecule has 1 unspecified atom stereocenters. The lowest BCUT2D eigenvalue weighted by molar-refractivity contribution is 0.233. The maximum atomic E-state index is 11.8. The number of carbonyl (C=O) groups excluding carboxylic acids is 1. The van der Waals surface area contributed by atoms with Crippen LogP contribution in [0.5, 0.6) is 0 Å². The van der Waals surface area contributed by atoms with Gasteiger partial charge in [0.2, 0.25) is 0 Å². The van der Waals surface area contributed by atoms with Crippen LogP contribution in [0.2, 0.25) is 0 Å². The largest absolute Gasteiger partial charge is 0.335 e. The molecule has 0 aromatic heterocycles. The summed E-state index contributed by atoms with van der Waals surface area (Å²) in [6.07, 6.45) is 1.91. The molecule has 0 aliphatic carbocycles. The van der Waals surface area contributed by atoms with Crippen molar-refractivity contribution in [3.8, 4) is 0 Å². The first-order chi connectivity index (χ1) is 8.56. The van der Waals surface area contributed by atoms with Crippen LogP contribution in [-0.2, 0) is 0 Å². The Bertz CT molecular complexity index is 374. The van der Waals surface area contributed by atoms with Gasteiger partial charge in [-0.1, -0.05) is 41.9 Å². The second-order valence-corrected chi connectivity index (χ2v) is 5.32. The van der Waals surface area contributed by atoms with Crippen molar-refractivity contribution in [3.05, 3.63) is 34.3 Å². The van der Waals surface area contributed by atoms with Crippen LogP contribution < -0.4 is 10.6 Å². The Morgan fingerprint density at radius 1 is 1.17 bits per heavy atom. The average molecular weight is 313 g/mol. The molecule has 0 heterocycles. The van der Waals surface area contributed by atoms with Gasteiger partial charge >= 0.3 is 6.03 Å². The molecule has 4 heteroatoms. The Morgan fingerprint density at radius 3 is 2.22 bits per heavy atom. The summed E-state index contributed by atoms with van der Waals surface area (Å²) in [4.78, 5) is 11.8. The first kappa shape index (κ1) is 15.0. The Hall–Kier alpha value is -1.03. The second-order valence-electron chi connectivity index (χ2n) is 4.40. The van der Waals surface area contributed by atoms with E-state index in [4.69, 9.17) is 0 Å². The minimum Gasteiger partial charge on any atom is -0.335 e. The van der Waals surface area contributed by atoms with Gasteiger partial charge in [0.05, 0.1) is 6.04 Å². The Morgan fingerprint density at radius 2 is 1.72 bits per heavy atom. The van der Waals surface area contributed by atoms with Crippen molar-refractivity contribution in [1.82, 2.24) is 10.6 Å². The zero-order valence-corrected chi connectivity index (χ0v) is 12.8. The van der Waals surface area contributed by atoms with Gasteiger partial charge in [-0.3, -0.25) is 0 Å². The van der Waals surface area contributed by atoms with Crippen LogP contribution in [0, 0.1) is 0 Å². The van der Waals surface area contributed by atoms with E-state index >= 15 is 0 Å². The van der Waals surface area contributed by atoms with E-state index in [1.807, 2.05) is 31.2 Å². The van der Waals surface area contributed by atoms with E-state index in [0.29, 0.717) is 0 Å². The fourth-order valence-electron chi connectivity index (χ4n) is 1.75. The van der Waals surface area contributed by atoms with Gasteiger partial charge in [-0.15, -0.1) is 0 Å². The highest BCUT2D eigenvalue weighted by Crippen LogP contribution is 2.16. The van der Waals surface area contributed by atoms with Gasteiger partial charge in [-0.05, 0) is 37.5 Å². The molecule has 0 saturated carbocycles. The van der Waals surface area contributed by atoms with Crippen LogP contribution in [0.15, 0.2) is 28.7 Å². The molecular formula is C14H21BrN2O. The lowest BCUT2D eigenvalue weighted by Gasteiger charge is -2.19. The van der Waals surface area contributed by atoms with Crippen molar-refractivity contribution in [2.45, 2.75) is 45.7 Å². The number of carbonyl (C=O) groups is 1. The molecule has 0 bridgehead atoms. The molecule has 2 N–H and O–H groups in total. The molecule has 3 nitrogen and oxygen atoms in total. The molecule has 1 atom stereocenters. The van der Waals surface area contributed by atoms with Crippen LogP contribution in [0.3, 0.4) is 0 Å². The average Bonchev–Trinajstić information content (AvgIpc) is 2.36. The maximum absolute atomic E-state index is 11.8.